The first kappa shape index (κ1) is 21.5. The topological polar surface area (TPSA) is 71.0 Å². The minimum absolute atomic E-state index is 0.0268. The SMILES string of the molecule is C[C@@H]1CCCN(C(=O)c2ccc(Cl)cc2-c2ncccn2)[C@@H]1CNc1ccc(Cl)cn1. The van der Waals surface area contributed by atoms with Crippen LogP contribution in [0.25, 0.3) is 11.4 Å². The van der Waals surface area contributed by atoms with E-state index < -0.39 is 0 Å². The van der Waals surface area contributed by atoms with E-state index in [1.165, 1.54) is 0 Å². The monoisotopic (exact) mass is 455 g/mol. The van der Waals surface area contributed by atoms with Crippen LogP contribution in [0, 0.1) is 5.92 Å². The molecule has 1 amide bonds. The van der Waals surface area contributed by atoms with Gasteiger partial charge in [0.15, 0.2) is 5.82 Å². The second-order valence-electron chi connectivity index (χ2n) is 7.69. The fourth-order valence-electron chi connectivity index (χ4n) is 3.98. The molecule has 4 rings (SSSR count). The zero-order valence-electron chi connectivity index (χ0n) is 17.1. The smallest absolute Gasteiger partial charge is 0.254 e. The van der Waals surface area contributed by atoms with Crippen molar-refractivity contribution in [2.75, 3.05) is 18.4 Å². The van der Waals surface area contributed by atoms with E-state index in [0.29, 0.717) is 46.0 Å². The maximum atomic E-state index is 13.7. The second kappa shape index (κ2) is 9.62. The summed E-state index contributed by atoms with van der Waals surface area (Å²) in [5.41, 5.74) is 1.20. The van der Waals surface area contributed by atoms with E-state index in [9.17, 15) is 4.79 Å². The summed E-state index contributed by atoms with van der Waals surface area (Å²) in [5.74, 6) is 1.53. The lowest BCUT2D eigenvalue weighted by molar-refractivity contribution is 0.0541. The average molecular weight is 456 g/mol. The van der Waals surface area contributed by atoms with E-state index in [2.05, 4.69) is 27.2 Å². The molecule has 1 aliphatic rings. The Morgan fingerprint density at radius 1 is 1.13 bits per heavy atom. The summed E-state index contributed by atoms with van der Waals surface area (Å²) >= 11 is 12.2. The number of nitrogens with zero attached hydrogens (tertiary/aromatic N) is 4. The predicted molar refractivity (Wildman–Crippen MR) is 123 cm³/mol. The molecule has 2 atom stereocenters. The van der Waals surface area contributed by atoms with Crippen LogP contribution in [0.5, 0.6) is 0 Å². The third kappa shape index (κ3) is 4.97. The van der Waals surface area contributed by atoms with Crippen molar-refractivity contribution in [1.82, 2.24) is 19.9 Å². The van der Waals surface area contributed by atoms with Gasteiger partial charge in [-0.25, -0.2) is 15.0 Å². The van der Waals surface area contributed by atoms with Crippen molar-refractivity contribution < 1.29 is 4.79 Å². The van der Waals surface area contributed by atoms with Crippen LogP contribution in [0.15, 0.2) is 55.0 Å². The minimum Gasteiger partial charge on any atom is -0.368 e. The van der Waals surface area contributed by atoms with Crippen molar-refractivity contribution >= 4 is 34.9 Å². The molecular weight excluding hydrogens is 433 g/mol. The van der Waals surface area contributed by atoms with Crippen molar-refractivity contribution in [2.45, 2.75) is 25.8 Å². The first-order valence-electron chi connectivity index (χ1n) is 10.3. The number of halogens is 2. The van der Waals surface area contributed by atoms with Gasteiger partial charge in [0.25, 0.3) is 5.91 Å². The van der Waals surface area contributed by atoms with Crippen molar-refractivity contribution in [3.05, 3.63) is 70.6 Å². The second-order valence-corrected chi connectivity index (χ2v) is 8.56. The largest absolute Gasteiger partial charge is 0.368 e. The molecule has 1 saturated heterocycles. The molecule has 0 bridgehead atoms. The molecule has 3 heterocycles. The summed E-state index contributed by atoms with van der Waals surface area (Å²) in [4.78, 5) is 28.6. The Kier molecular flexibility index (Phi) is 6.68. The average Bonchev–Trinajstić information content (AvgIpc) is 2.79. The molecule has 31 heavy (non-hydrogen) atoms. The number of carbonyl (C=O) groups is 1. The number of nitrogens with one attached hydrogen (secondary N) is 1. The van der Waals surface area contributed by atoms with Gasteiger partial charge in [0, 0.05) is 42.3 Å². The van der Waals surface area contributed by atoms with Crippen LogP contribution in [0.3, 0.4) is 0 Å². The number of pyridine rings is 1. The van der Waals surface area contributed by atoms with E-state index >= 15 is 0 Å². The lowest BCUT2D eigenvalue weighted by Crippen LogP contribution is -2.51. The van der Waals surface area contributed by atoms with Gasteiger partial charge < -0.3 is 10.2 Å². The number of hydrogen-bond acceptors (Lipinski definition) is 5. The highest BCUT2D eigenvalue weighted by Gasteiger charge is 2.33. The third-order valence-electron chi connectivity index (χ3n) is 5.61. The summed E-state index contributed by atoms with van der Waals surface area (Å²) in [6.45, 7) is 3.48. The summed E-state index contributed by atoms with van der Waals surface area (Å²) in [7, 11) is 0. The Bertz CT molecular complexity index is 1050. The summed E-state index contributed by atoms with van der Waals surface area (Å²) in [6, 6.07) is 10.7. The van der Waals surface area contributed by atoms with E-state index in [4.69, 9.17) is 23.2 Å². The molecular formula is C23H23Cl2N5O. The van der Waals surface area contributed by atoms with Gasteiger partial charge in [0.1, 0.15) is 5.82 Å². The highest BCUT2D eigenvalue weighted by molar-refractivity contribution is 6.31. The number of aromatic nitrogens is 3. The molecule has 1 aliphatic heterocycles. The first-order chi connectivity index (χ1) is 15.0. The first-order valence-corrected chi connectivity index (χ1v) is 11.0. The molecule has 3 aromatic rings. The van der Waals surface area contributed by atoms with Gasteiger partial charge in [-0.1, -0.05) is 30.1 Å². The van der Waals surface area contributed by atoms with Gasteiger partial charge in [-0.2, -0.15) is 0 Å². The Morgan fingerprint density at radius 2 is 1.90 bits per heavy atom. The maximum absolute atomic E-state index is 13.7. The van der Waals surface area contributed by atoms with Gasteiger partial charge in [-0.15, -0.1) is 0 Å². The van der Waals surface area contributed by atoms with E-state index in [-0.39, 0.29) is 11.9 Å². The highest BCUT2D eigenvalue weighted by atomic mass is 35.5. The third-order valence-corrected chi connectivity index (χ3v) is 6.07. The van der Waals surface area contributed by atoms with Crippen molar-refractivity contribution in [1.29, 1.82) is 0 Å². The fourth-order valence-corrected chi connectivity index (χ4v) is 4.27. The molecule has 160 valence electrons. The van der Waals surface area contributed by atoms with Gasteiger partial charge in [-0.05, 0) is 55.2 Å². The number of anilines is 1. The Balaban J connectivity index is 1.61. The van der Waals surface area contributed by atoms with Gasteiger partial charge in [0.2, 0.25) is 0 Å². The fraction of sp³-hybridized carbons (Fsp3) is 0.304. The molecule has 0 spiro atoms. The number of benzene rings is 1. The van der Waals surface area contributed by atoms with Gasteiger partial charge in [0.05, 0.1) is 16.6 Å². The van der Waals surface area contributed by atoms with Crippen LogP contribution in [-0.2, 0) is 0 Å². The van der Waals surface area contributed by atoms with Crippen LogP contribution >= 0.6 is 23.2 Å². The summed E-state index contributed by atoms with van der Waals surface area (Å²) in [5, 5.41) is 4.48. The molecule has 8 heteroatoms. The van der Waals surface area contributed by atoms with E-state index in [1.54, 1.807) is 48.9 Å². The van der Waals surface area contributed by atoms with Crippen molar-refractivity contribution in [2.24, 2.45) is 5.92 Å². The van der Waals surface area contributed by atoms with Gasteiger partial charge >= 0.3 is 0 Å². The van der Waals surface area contributed by atoms with Crippen molar-refractivity contribution in [3.63, 3.8) is 0 Å². The molecule has 0 aliphatic carbocycles. The molecule has 0 unspecified atom stereocenters. The summed E-state index contributed by atoms with van der Waals surface area (Å²) < 4.78 is 0. The zero-order valence-corrected chi connectivity index (χ0v) is 18.6. The molecule has 0 saturated carbocycles. The predicted octanol–water partition coefficient (Wildman–Crippen LogP) is 5.20. The van der Waals surface area contributed by atoms with Crippen LogP contribution < -0.4 is 5.32 Å². The van der Waals surface area contributed by atoms with E-state index in [1.807, 2.05) is 11.0 Å². The van der Waals surface area contributed by atoms with Crippen LogP contribution in [0.4, 0.5) is 5.82 Å². The number of hydrogen-bond donors (Lipinski definition) is 1. The Morgan fingerprint density at radius 3 is 2.65 bits per heavy atom. The quantitative estimate of drug-likeness (QED) is 0.572. The number of carbonyl (C=O) groups excluding carboxylic acids is 1. The van der Waals surface area contributed by atoms with Gasteiger partial charge in [-0.3, -0.25) is 4.79 Å². The van der Waals surface area contributed by atoms with Crippen LogP contribution in [-0.4, -0.2) is 44.9 Å². The number of rotatable bonds is 5. The molecule has 6 nitrogen and oxygen atoms in total. The van der Waals surface area contributed by atoms with E-state index in [0.717, 1.165) is 18.7 Å². The number of piperidine rings is 1. The number of amides is 1. The molecule has 1 N–H and O–H groups in total. The maximum Gasteiger partial charge on any atom is 0.254 e. The normalized spacial score (nSPS) is 18.6. The Labute approximate surface area is 191 Å². The van der Waals surface area contributed by atoms with Crippen molar-refractivity contribution in [3.8, 4) is 11.4 Å². The minimum atomic E-state index is -0.0402. The summed E-state index contributed by atoms with van der Waals surface area (Å²) in [6.07, 6.45) is 6.96. The Hall–Kier alpha value is -2.70. The van der Waals surface area contributed by atoms with Crippen LogP contribution in [0.2, 0.25) is 10.0 Å². The highest BCUT2D eigenvalue weighted by Crippen LogP contribution is 2.30. The molecule has 1 fully saturated rings. The molecule has 2 aromatic heterocycles. The lowest BCUT2D eigenvalue weighted by Gasteiger charge is -2.40. The lowest BCUT2D eigenvalue weighted by atomic mass is 9.89. The number of likely N-dealkylation sites (tertiary alicyclic amines) is 1. The zero-order chi connectivity index (χ0) is 21.8. The molecule has 0 radical (unpaired) electrons. The van der Waals surface area contributed by atoms with Crippen LogP contribution in [0.1, 0.15) is 30.1 Å². The standard InChI is InChI=1S/C23H23Cl2N5O/c1-15-4-2-11-30(20(15)14-29-21-8-6-17(25)13-28-21)23(31)18-7-5-16(24)12-19(18)22-26-9-3-10-27-22/h3,5-10,12-13,15,20H,2,4,11,14H2,1H3,(H,28,29)/t15-,20-/m1/s1. The molecule has 1 aromatic carbocycles.